The lowest BCUT2D eigenvalue weighted by atomic mass is 9.95. The van der Waals surface area contributed by atoms with Crippen LogP contribution in [0.2, 0.25) is 0 Å². The summed E-state index contributed by atoms with van der Waals surface area (Å²) in [4.78, 5) is 9.77. The zero-order valence-corrected chi connectivity index (χ0v) is 9.98. The van der Waals surface area contributed by atoms with Gasteiger partial charge in [0.05, 0.1) is 6.42 Å². The van der Waals surface area contributed by atoms with Crippen molar-refractivity contribution in [3.05, 3.63) is 0 Å². The van der Waals surface area contributed by atoms with Gasteiger partial charge in [0.2, 0.25) is 0 Å². The summed E-state index contributed by atoms with van der Waals surface area (Å²) in [5, 5.41) is 7.68. The van der Waals surface area contributed by atoms with E-state index in [1.54, 1.807) is 0 Å². The molecule has 0 amide bonds. The highest BCUT2D eigenvalue weighted by molar-refractivity contribution is 5.76. The van der Waals surface area contributed by atoms with Crippen LogP contribution in [0.4, 0.5) is 57.1 Å². The van der Waals surface area contributed by atoms with Crippen LogP contribution in [-0.2, 0) is 4.79 Å². The number of hydrogen-bond acceptors (Lipinski definition) is 1. The quantitative estimate of drug-likeness (QED) is 0.704. The molecule has 1 N–H and O–H groups in total. The van der Waals surface area contributed by atoms with Gasteiger partial charge in [-0.05, 0) is 0 Å². The van der Waals surface area contributed by atoms with Crippen LogP contribution >= 0.6 is 0 Å². The van der Waals surface area contributed by atoms with E-state index in [-0.39, 0.29) is 0 Å². The molecule has 0 aliphatic rings. The van der Waals surface area contributed by atoms with Crippen LogP contribution in [0.1, 0.15) is 6.42 Å². The smallest absolute Gasteiger partial charge is 0.460 e. The number of carboxylic acid groups (broad SMARTS) is 1. The molecule has 0 saturated heterocycles. The molecule has 0 spiro atoms. The second kappa shape index (κ2) is 5.29. The topological polar surface area (TPSA) is 37.3 Å². The van der Waals surface area contributed by atoms with E-state index < -0.39 is 48.2 Å². The molecule has 0 heterocycles. The number of carbonyl (C=O) groups is 1. The highest BCUT2D eigenvalue weighted by atomic mass is 19.4. The monoisotopic (exact) mass is 378 g/mol. The largest absolute Gasteiger partial charge is 0.477 e. The zero-order valence-electron chi connectivity index (χ0n) is 9.98. The average Bonchev–Trinajstić information content (AvgIpc) is 2.24. The number of alkyl halides is 13. The normalized spacial score (nSPS) is 15.7. The second-order valence-corrected chi connectivity index (χ2v) is 4.11. The first kappa shape index (κ1) is 21.6. The molecule has 23 heavy (non-hydrogen) atoms. The third kappa shape index (κ3) is 3.27. The first-order valence-corrected chi connectivity index (χ1v) is 4.84. The Hall–Kier alpha value is -1.44. The minimum Gasteiger partial charge on any atom is -0.477 e. The van der Waals surface area contributed by atoms with Crippen molar-refractivity contribution in [1.29, 1.82) is 0 Å². The summed E-state index contributed by atoms with van der Waals surface area (Å²) in [7, 11) is 0. The number of halogens is 13. The Balaban J connectivity index is 5.88. The van der Waals surface area contributed by atoms with Crippen LogP contribution in [0.3, 0.4) is 0 Å². The van der Waals surface area contributed by atoms with E-state index in [1.807, 2.05) is 0 Å². The van der Waals surface area contributed by atoms with E-state index in [0.29, 0.717) is 0 Å². The van der Waals surface area contributed by atoms with Crippen LogP contribution < -0.4 is 0 Å². The number of aliphatic carboxylic acids is 1. The van der Waals surface area contributed by atoms with Gasteiger partial charge >= 0.3 is 41.8 Å². The fourth-order valence-electron chi connectivity index (χ4n) is 1.07. The third-order valence-corrected chi connectivity index (χ3v) is 2.38. The van der Waals surface area contributed by atoms with Gasteiger partial charge in [0.15, 0.2) is 0 Å². The van der Waals surface area contributed by atoms with Crippen molar-refractivity contribution in [1.82, 2.24) is 0 Å². The fourth-order valence-corrected chi connectivity index (χ4v) is 1.07. The maximum absolute atomic E-state index is 12.8. The molecular weight excluding hydrogens is 375 g/mol. The van der Waals surface area contributed by atoms with E-state index in [2.05, 4.69) is 0 Å². The molecule has 15 heteroatoms. The fraction of sp³-hybridized carbons (Fsp3) is 0.875. The van der Waals surface area contributed by atoms with Crippen LogP contribution in [0, 0.1) is 0 Å². The summed E-state index contributed by atoms with van der Waals surface area (Å²) in [6.07, 6.45) is -11.6. The van der Waals surface area contributed by atoms with Crippen molar-refractivity contribution in [2.75, 3.05) is 0 Å². The first-order chi connectivity index (χ1) is 9.65. The average molecular weight is 378 g/mol. The summed E-state index contributed by atoms with van der Waals surface area (Å²) in [5.74, 6) is -38.9. The first-order valence-electron chi connectivity index (χ1n) is 4.84. The van der Waals surface area contributed by atoms with Gasteiger partial charge in [0.1, 0.15) is 0 Å². The molecule has 0 aromatic carbocycles. The standard InChI is InChI=1S/C8H3F13O2/c9-3(10,5(13,14)2(22)23)1-4(11,12)6(15,16)7(17,18)8(19,20)21/h1H2,(H,22,23). The summed E-state index contributed by atoms with van der Waals surface area (Å²) < 4.78 is 161. The van der Waals surface area contributed by atoms with Gasteiger partial charge in [-0.15, -0.1) is 0 Å². The molecule has 0 aromatic heterocycles. The Labute approximate surface area is 116 Å². The predicted octanol–water partition coefficient (Wildman–Crippen LogP) is 4.20. The second-order valence-electron chi connectivity index (χ2n) is 4.11. The predicted molar refractivity (Wildman–Crippen MR) is 43.0 cm³/mol. The van der Waals surface area contributed by atoms with E-state index >= 15 is 0 Å². The molecule has 0 bridgehead atoms. The van der Waals surface area contributed by atoms with Gasteiger partial charge in [0, 0.05) is 0 Å². The van der Waals surface area contributed by atoms with E-state index in [9.17, 15) is 61.9 Å². The zero-order chi connectivity index (χ0) is 19.3. The molecule has 2 nitrogen and oxygen atoms in total. The molecule has 0 aliphatic heterocycles. The molecule has 0 aliphatic carbocycles. The molecule has 0 atom stereocenters. The molecular formula is C8H3F13O2. The lowest BCUT2D eigenvalue weighted by Gasteiger charge is -2.35. The molecule has 0 aromatic rings. The molecule has 0 saturated carbocycles. The number of hydrogen-bond donors (Lipinski definition) is 1. The molecule has 0 unspecified atom stereocenters. The minimum atomic E-state index is -7.56. The highest BCUT2D eigenvalue weighted by Crippen LogP contribution is 2.56. The molecule has 0 radical (unpaired) electrons. The van der Waals surface area contributed by atoms with Crippen LogP contribution in [0.25, 0.3) is 0 Å². The minimum absolute atomic E-state index is 3.79. The lowest BCUT2D eigenvalue weighted by Crippen LogP contribution is -2.63. The lowest BCUT2D eigenvalue weighted by molar-refractivity contribution is -0.403. The number of carboxylic acids is 1. The molecule has 0 fully saturated rings. The van der Waals surface area contributed by atoms with Crippen LogP contribution in [-0.4, -0.2) is 46.9 Å². The SMILES string of the molecule is O=C(O)C(F)(F)C(F)(F)CC(F)(F)C(F)(F)C(F)(F)C(F)(F)F. The van der Waals surface area contributed by atoms with Crippen molar-refractivity contribution in [2.45, 2.75) is 42.2 Å². The van der Waals surface area contributed by atoms with Crippen molar-refractivity contribution < 1.29 is 67.0 Å². The number of rotatable bonds is 6. The third-order valence-electron chi connectivity index (χ3n) is 2.38. The summed E-state index contributed by atoms with van der Waals surface area (Å²) >= 11 is 0. The van der Waals surface area contributed by atoms with Gasteiger partial charge in [-0.25, -0.2) is 4.79 Å². The van der Waals surface area contributed by atoms with E-state index in [1.165, 1.54) is 0 Å². The molecule has 138 valence electrons. The van der Waals surface area contributed by atoms with Crippen molar-refractivity contribution >= 4 is 5.97 Å². The Morgan fingerprint density at radius 2 is 1.00 bits per heavy atom. The van der Waals surface area contributed by atoms with E-state index in [0.717, 1.165) is 0 Å². The van der Waals surface area contributed by atoms with Gasteiger partial charge in [-0.3, -0.25) is 0 Å². The van der Waals surface area contributed by atoms with Crippen LogP contribution in [0.5, 0.6) is 0 Å². The van der Waals surface area contributed by atoms with Gasteiger partial charge in [0.25, 0.3) is 0 Å². The van der Waals surface area contributed by atoms with Gasteiger partial charge < -0.3 is 5.11 Å². The highest BCUT2D eigenvalue weighted by Gasteiger charge is 2.83. The maximum Gasteiger partial charge on any atom is 0.460 e. The Morgan fingerprint density at radius 1 is 0.652 bits per heavy atom. The summed E-state index contributed by atoms with van der Waals surface area (Å²) in [6, 6.07) is 0. The van der Waals surface area contributed by atoms with Crippen molar-refractivity contribution in [3.8, 4) is 0 Å². The maximum atomic E-state index is 12.8. The van der Waals surface area contributed by atoms with Crippen molar-refractivity contribution in [3.63, 3.8) is 0 Å². The summed E-state index contributed by atoms with van der Waals surface area (Å²) in [6.45, 7) is 0. The van der Waals surface area contributed by atoms with E-state index in [4.69, 9.17) is 5.11 Å². The Kier molecular flexibility index (Phi) is 4.96. The Bertz CT molecular complexity index is 463. The van der Waals surface area contributed by atoms with Crippen LogP contribution in [0.15, 0.2) is 0 Å². The van der Waals surface area contributed by atoms with Gasteiger partial charge in [-0.2, -0.15) is 57.1 Å². The van der Waals surface area contributed by atoms with Crippen molar-refractivity contribution in [2.24, 2.45) is 0 Å². The Morgan fingerprint density at radius 3 is 1.26 bits per heavy atom. The summed E-state index contributed by atoms with van der Waals surface area (Å²) in [5.41, 5.74) is 0. The molecule has 0 rings (SSSR count). The van der Waals surface area contributed by atoms with Gasteiger partial charge in [-0.1, -0.05) is 0 Å².